The van der Waals surface area contributed by atoms with Gasteiger partial charge in [0.05, 0.1) is 31.9 Å². The number of aliphatic hydroxyl groups excluding tert-OH is 1. The Morgan fingerprint density at radius 3 is 2.44 bits per heavy atom. The molecule has 0 saturated carbocycles. The number of thiophene rings is 1. The molecule has 188 valence electrons. The molecule has 4 rings (SSSR count). The van der Waals surface area contributed by atoms with Gasteiger partial charge >= 0.3 is 0 Å². The number of para-hydroxylation sites is 1. The van der Waals surface area contributed by atoms with Gasteiger partial charge in [-0.3, -0.25) is 9.59 Å². The number of benzene rings is 2. The Kier molecular flexibility index (Phi) is 7.22. The predicted molar refractivity (Wildman–Crippen MR) is 141 cm³/mol. The molecule has 1 aliphatic rings. The van der Waals surface area contributed by atoms with Gasteiger partial charge in [-0.15, -0.1) is 11.3 Å². The normalized spacial score (nSPS) is 17.5. The van der Waals surface area contributed by atoms with E-state index in [9.17, 15) is 14.7 Å². The molecule has 1 fully saturated rings. The highest BCUT2D eigenvalue weighted by molar-refractivity contribution is 7.10. The van der Waals surface area contributed by atoms with E-state index in [2.05, 4.69) is 20.8 Å². The number of carbonyl (C=O) groups is 2. The molecule has 1 N–H and O–H groups in total. The molecule has 1 saturated heterocycles. The molecular formula is C29H31NO5S. The Morgan fingerprint density at radius 2 is 1.81 bits per heavy atom. The van der Waals surface area contributed by atoms with Crippen LogP contribution in [0.2, 0.25) is 0 Å². The predicted octanol–water partition coefficient (Wildman–Crippen LogP) is 6.07. The van der Waals surface area contributed by atoms with Crippen molar-refractivity contribution < 1.29 is 24.2 Å². The SMILES string of the molecule is CCOc1ccc(/C(O)=C2/C(=O)C(=O)N(Cc3ccccc3OC)C2c2cccs2)cc1C(C)(C)C. The third-order valence-corrected chi connectivity index (χ3v) is 7.17. The summed E-state index contributed by atoms with van der Waals surface area (Å²) in [5, 5.41) is 13.4. The number of likely N-dealkylation sites (tertiary alicyclic amines) is 1. The molecule has 3 aromatic rings. The van der Waals surface area contributed by atoms with Gasteiger partial charge in [-0.05, 0) is 48.1 Å². The van der Waals surface area contributed by atoms with Crippen LogP contribution in [0.4, 0.5) is 0 Å². The van der Waals surface area contributed by atoms with Gasteiger partial charge in [0, 0.05) is 21.6 Å². The standard InChI is InChI=1S/C29H31NO5S/c1-6-35-22-14-13-18(16-20(22)29(2,3)4)26(31)24-25(23-12-9-15-36-23)30(28(33)27(24)32)17-19-10-7-8-11-21(19)34-5/h7-16,25,31H,6,17H2,1-5H3/b26-24-. The zero-order valence-electron chi connectivity index (χ0n) is 21.2. The molecule has 7 heteroatoms. The quantitative estimate of drug-likeness (QED) is 0.239. The second-order valence-corrected chi connectivity index (χ2v) is 10.6. The van der Waals surface area contributed by atoms with E-state index in [1.807, 2.05) is 60.8 Å². The first kappa shape index (κ1) is 25.5. The average Bonchev–Trinajstić information content (AvgIpc) is 3.46. The number of carbonyl (C=O) groups excluding carboxylic acids is 2. The van der Waals surface area contributed by atoms with Crippen LogP contribution in [0.25, 0.3) is 5.76 Å². The molecule has 2 heterocycles. The van der Waals surface area contributed by atoms with E-state index in [4.69, 9.17) is 9.47 Å². The lowest BCUT2D eigenvalue weighted by atomic mass is 9.84. The number of ketones is 1. The largest absolute Gasteiger partial charge is 0.507 e. The van der Waals surface area contributed by atoms with Crippen LogP contribution in [-0.2, 0) is 21.5 Å². The van der Waals surface area contributed by atoms with Crippen molar-refractivity contribution in [2.45, 2.75) is 45.7 Å². The number of hydrogen-bond donors (Lipinski definition) is 1. The van der Waals surface area contributed by atoms with Gasteiger partial charge < -0.3 is 19.5 Å². The minimum Gasteiger partial charge on any atom is -0.507 e. The van der Waals surface area contributed by atoms with E-state index in [0.29, 0.717) is 17.9 Å². The maximum Gasteiger partial charge on any atom is 0.295 e. The van der Waals surface area contributed by atoms with Gasteiger partial charge in [-0.2, -0.15) is 0 Å². The maximum atomic E-state index is 13.4. The van der Waals surface area contributed by atoms with Crippen molar-refractivity contribution in [2.75, 3.05) is 13.7 Å². The van der Waals surface area contributed by atoms with Crippen molar-refractivity contribution in [1.29, 1.82) is 0 Å². The van der Waals surface area contributed by atoms with Crippen LogP contribution in [0.15, 0.2) is 65.6 Å². The summed E-state index contributed by atoms with van der Waals surface area (Å²) in [6.07, 6.45) is 0. The third kappa shape index (κ3) is 4.75. The molecule has 36 heavy (non-hydrogen) atoms. The summed E-state index contributed by atoms with van der Waals surface area (Å²) < 4.78 is 11.3. The fourth-order valence-corrected chi connectivity index (χ4v) is 5.35. The number of hydrogen-bond acceptors (Lipinski definition) is 6. The molecule has 0 spiro atoms. The number of ether oxygens (including phenoxy) is 2. The summed E-state index contributed by atoms with van der Waals surface area (Å²) in [6, 6.07) is 15.8. The lowest BCUT2D eigenvalue weighted by Gasteiger charge is -2.25. The Morgan fingerprint density at radius 1 is 1.06 bits per heavy atom. The van der Waals surface area contributed by atoms with E-state index in [1.54, 1.807) is 13.2 Å². The topological polar surface area (TPSA) is 76.1 Å². The number of amides is 1. The molecular weight excluding hydrogens is 474 g/mol. The molecule has 1 atom stereocenters. The molecule has 6 nitrogen and oxygen atoms in total. The van der Waals surface area contributed by atoms with E-state index >= 15 is 0 Å². The van der Waals surface area contributed by atoms with Crippen LogP contribution < -0.4 is 9.47 Å². The Hall–Kier alpha value is -3.58. The fourth-order valence-electron chi connectivity index (χ4n) is 4.50. The highest BCUT2D eigenvalue weighted by Crippen LogP contribution is 2.43. The number of aliphatic hydroxyl groups is 1. The summed E-state index contributed by atoms with van der Waals surface area (Å²) in [6.45, 7) is 8.79. The van der Waals surface area contributed by atoms with E-state index in [-0.39, 0.29) is 23.3 Å². The molecule has 2 aromatic carbocycles. The van der Waals surface area contributed by atoms with Crippen LogP contribution in [-0.4, -0.2) is 35.4 Å². The monoisotopic (exact) mass is 505 g/mol. The average molecular weight is 506 g/mol. The van der Waals surface area contributed by atoms with Crippen LogP contribution in [0.1, 0.15) is 55.3 Å². The summed E-state index contributed by atoms with van der Waals surface area (Å²) in [5.74, 6) is -0.184. The van der Waals surface area contributed by atoms with Crippen LogP contribution in [0.3, 0.4) is 0 Å². The van der Waals surface area contributed by atoms with Gasteiger partial charge in [0.15, 0.2) is 0 Å². The molecule has 1 aliphatic heterocycles. The number of methoxy groups -OCH3 is 1. The van der Waals surface area contributed by atoms with Crippen molar-refractivity contribution in [1.82, 2.24) is 4.90 Å². The number of rotatable bonds is 7. The van der Waals surface area contributed by atoms with E-state index < -0.39 is 17.7 Å². The molecule has 1 amide bonds. The molecule has 1 unspecified atom stereocenters. The summed E-state index contributed by atoms with van der Waals surface area (Å²) in [7, 11) is 1.57. The molecule has 0 bridgehead atoms. The Labute approximate surface area is 215 Å². The molecule has 0 radical (unpaired) electrons. The van der Waals surface area contributed by atoms with Crippen molar-refractivity contribution in [3.63, 3.8) is 0 Å². The smallest absolute Gasteiger partial charge is 0.295 e. The first-order valence-electron chi connectivity index (χ1n) is 11.9. The van der Waals surface area contributed by atoms with Crippen LogP contribution in [0.5, 0.6) is 11.5 Å². The van der Waals surface area contributed by atoms with Gasteiger partial charge in [-0.1, -0.05) is 45.0 Å². The zero-order valence-corrected chi connectivity index (χ0v) is 22.0. The van der Waals surface area contributed by atoms with E-state index in [1.165, 1.54) is 16.2 Å². The van der Waals surface area contributed by atoms with Gasteiger partial charge in [0.1, 0.15) is 17.3 Å². The minimum atomic E-state index is -0.709. The van der Waals surface area contributed by atoms with Crippen molar-refractivity contribution >= 4 is 28.8 Å². The lowest BCUT2D eigenvalue weighted by molar-refractivity contribution is -0.140. The van der Waals surface area contributed by atoms with E-state index in [0.717, 1.165) is 21.8 Å². The molecule has 0 aliphatic carbocycles. The molecule has 1 aromatic heterocycles. The van der Waals surface area contributed by atoms with Crippen molar-refractivity contribution in [3.8, 4) is 11.5 Å². The minimum absolute atomic E-state index is 0.0846. The Balaban J connectivity index is 1.85. The van der Waals surface area contributed by atoms with Gasteiger partial charge in [0.25, 0.3) is 11.7 Å². The van der Waals surface area contributed by atoms with Crippen LogP contribution in [0, 0.1) is 0 Å². The fraction of sp³-hybridized carbons (Fsp3) is 0.310. The first-order valence-corrected chi connectivity index (χ1v) is 12.8. The van der Waals surface area contributed by atoms with Gasteiger partial charge in [-0.25, -0.2) is 0 Å². The summed E-state index contributed by atoms with van der Waals surface area (Å²) in [5.41, 5.74) is 1.98. The lowest BCUT2D eigenvalue weighted by Crippen LogP contribution is -2.29. The number of Topliss-reactive ketones (excluding diaryl/α,β-unsaturated/α-hetero) is 1. The third-order valence-electron chi connectivity index (χ3n) is 6.25. The van der Waals surface area contributed by atoms with Crippen molar-refractivity contribution in [3.05, 3.63) is 87.1 Å². The highest BCUT2D eigenvalue weighted by atomic mass is 32.1. The number of nitrogens with zero attached hydrogens (tertiary/aromatic N) is 1. The second kappa shape index (κ2) is 10.2. The Bertz CT molecular complexity index is 1300. The zero-order chi connectivity index (χ0) is 26.0. The van der Waals surface area contributed by atoms with Gasteiger partial charge in [0.2, 0.25) is 0 Å². The maximum absolute atomic E-state index is 13.4. The summed E-state index contributed by atoms with van der Waals surface area (Å²) >= 11 is 1.44. The van der Waals surface area contributed by atoms with Crippen LogP contribution >= 0.6 is 11.3 Å². The second-order valence-electron chi connectivity index (χ2n) is 9.65. The summed E-state index contributed by atoms with van der Waals surface area (Å²) in [4.78, 5) is 29.0. The highest BCUT2D eigenvalue weighted by Gasteiger charge is 2.46. The first-order chi connectivity index (χ1) is 17.2. The van der Waals surface area contributed by atoms with Crippen molar-refractivity contribution in [2.24, 2.45) is 0 Å².